The van der Waals surface area contributed by atoms with Gasteiger partial charge in [0, 0.05) is 23.3 Å². The van der Waals surface area contributed by atoms with Gasteiger partial charge in [0.1, 0.15) is 21.8 Å². The number of pyridine rings is 2. The van der Waals surface area contributed by atoms with E-state index in [0.29, 0.717) is 34.1 Å². The first-order valence-corrected chi connectivity index (χ1v) is 14.1. The molecule has 1 aliphatic rings. The molecule has 40 heavy (non-hydrogen) atoms. The maximum atomic E-state index is 13.7. The highest BCUT2D eigenvalue weighted by atomic mass is 32.1. The smallest absolute Gasteiger partial charge is 0.267 e. The van der Waals surface area contributed by atoms with E-state index in [1.807, 2.05) is 50.2 Å². The van der Waals surface area contributed by atoms with Crippen LogP contribution in [-0.4, -0.2) is 25.8 Å². The van der Waals surface area contributed by atoms with Crippen LogP contribution in [0.5, 0.6) is 0 Å². The van der Waals surface area contributed by atoms with Gasteiger partial charge in [0.15, 0.2) is 0 Å². The van der Waals surface area contributed by atoms with E-state index in [4.69, 9.17) is 10.4 Å². The predicted octanol–water partition coefficient (Wildman–Crippen LogP) is 4.90. The predicted molar refractivity (Wildman–Crippen MR) is 157 cm³/mol. The molecule has 0 bridgehead atoms. The van der Waals surface area contributed by atoms with Crippen molar-refractivity contribution in [1.82, 2.24) is 14.0 Å². The summed E-state index contributed by atoms with van der Waals surface area (Å²) in [5, 5.41) is 15.4. The van der Waals surface area contributed by atoms with E-state index in [1.165, 1.54) is 21.8 Å². The van der Waals surface area contributed by atoms with E-state index < -0.39 is 5.91 Å². The quantitative estimate of drug-likeness (QED) is 0.269. The molecule has 4 aromatic heterocycles. The molecule has 1 aromatic carbocycles. The average molecular weight is 553 g/mol. The lowest BCUT2D eigenvalue weighted by molar-refractivity contribution is 0.102. The first-order chi connectivity index (χ1) is 19.4. The summed E-state index contributed by atoms with van der Waals surface area (Å²) >= 11 is 1.41. The molecule has 9 nitrogen and oxygen atoms in total. The molecule has 0 spiro atoms. The fourth-order valence-corrected chi connectivity index (χ4v) is 6.64. The maximum Gasteiger partial charge on any atom is 0.267 e. The van der Waals surface area contributed by atoms with Gasteiger partial charge in [-0.15, -0.1) is 11.3 Å². The van der Waals surface area contributed by atoms with Crippen molar-refractivity contribution in [2.45, 2.75) is 46.1 Å². The fourth-order valence-electron chi connectivity index (χ4n) is 5.36. The van der Waals surface area contributed by atoms with Gasteiger partial charge in [-0.3, -0.25) is 24.2 Å². The van der Waals surface area contributed by atoms with E-state index in [9.17, 15) is 14.4 Å². The van der Waals surface area contributed by atoms with Gasteiger partial charge in [-0.05, 0) is 74.9 Å². The summed E-state index contributed by atoms with van der Waals surface area (Å²) in [4.78, 5) is 46.5. The summed E-state index contributed by atoms with van der Waals surface area (Å²) in [6.45, 7) is 4.07. The van der Waals surface area contributed by atoms with Crippen LogP contribution in [0.15, 0.2) is 59.5 Å². The van der Waals surface area contributed by atoms with E-state index in [2.05, 4.69) is 10.6 Å². The molecule has 0 saturated carbocycles. The molecule has 0 radical (unpaired) electrons. The summed E-state index contributed by atoms with van der Waals surface area (Å²) in [6, 6.07) is 14.3. The van der Waals surface area contributed by atoms with Crippen LogP contribution in [0.3, 0.4) is 0 Å². The van der Waals surface area contributed by atoms with Crippen molar-refractivity contribution in [1.29, 1.82) is 5.41 Å². The second-order valence-corrected chi connectivity index (χ2v) is 11.0. The van der Waals surface area contributed by atoms with Crippen LogP contribution in [0.1, 0.15) is 56.5 Å². The van der Waals surface area contributed by atoms with Gasteiger partial charge in [0.25, 0.3) is 17.4 Å². The van der Waals surface area contributed by atoms with Gasteiger partial charge in [-0.2, -0.15) is 0 Å². The molecule has 0 fully saturated rings. The zero-order valence-corrected chi connectivity index (χ0v) is 23.0. The lowest BCUT2D eigenvalue weighted by Gasteiger charge is -2.15. The van der Waals surface area contributed by atoms with Gasteiger partial charge in [-0.25, -0.2) is 4.98 Å². The average Bonchev–Trinajstić information content (AvgIpc) is 3.32. The Morgan fingerprint density at radius 3 is 2.58 bits per heavy atom. The van der Waals surface area contributed by atoms with Gasteiger partial charge in [0.2, 0.25) is 0 Å². The lowest BCUT2D eigenvalue weighted by atomic mass is 9.95. The number of nitrogens with one attached hydrogen (secondary N) is 3. The number of fused-ring (bicyclic) bond motifs is 3. The van der Waals surface area contributed by atoms with Gasteiger partial charge in [0.05, 0.1) is 16.5 Å². The Morgan fingerprint density at radius 1 is 1.02 bits per heavy atom. The first-order valence-electron chi connectivity index (χ1n) is 13.3. The zero-order valence-electron chi connectivity index (χ0n) is 22.2. The van der Waals surface area contributed by atoms with Crippen molar-refractivity contribution >= 4 is 50.5 Å². The monoisotopic (exact) mass is 552 g/mol. The number of hydrogen-bond donors (Lipinski definition) is 3. The highest BCUT2D eigenvalue weighted by Gasteiger charge is 2.27. The highest BCUT2D eigenvalue weighted by molar-refractivity contribution is 7.17. The molecular formula is C30H28N6O3S. The summed E-state index contributed by atoms with van der Waals surface area (Å²) in [5.41, 5.74) is 3.50. The van der Waals surface area contributed by atoms with Crippen molar-refractivity contribution in [3.05, 3.63) is 97.7 Å². The van der Waals surface area contributed by atoms with Crippen LogP contribution in [0.25, 0.3) is 16.7 Å². The third-order valence-electron chi connectivity index (χ3n) is 7.35. The molecule has 10 heteroatoms. The number of thiophene rings is 1. The molecular weight excluding hydrogens is 524 g/mol. The van der Waals surface area contributed by atoms with E-state index in [1.54, 1.807) is 16.8 Å². The number of nitrogens with zero attached hydrogens (tertiary/aromatic N) is 3. The van der Waals surface area contributed by atoms with Crippen molar-refractivity contribution in [2.75, 3.05) is 10.6 Å². The Balaban J connectivity index is 1.45. The van der Waals surface area contributed by atoms with Gasteiger partial charge >= 0.3 is 0 Å². The Kier molecular flexibility index (Phi) is 6.55. The van der Waals surface area contributed by atoms with Crippen molar-refractivity contribution < 1.29 is 9.59 Å². The number of carbonyl (C=O) groups excluding carboxylic acids is 2. The maximum absolute atomic E-state index is 13.7. The molecule has 0 saturated heterocycles. The second-order valence-electron chi connectivity index (χ2n) is 9.88. The number of benzene rings is 1. The van der Waals surface area contributed by atoms with Crippen LogP contribution in [-0.2, 0) is 19.4 Å². The minimum Gasteiger partial charge on any atom is -0.322 e. The zero-order chi connectivity index (χ0) is 28.0. The third kappa shape index (κ3) is 4.30. The van der Waals surface area contributed by atoms with E-state index in [-0.39, 0.29) is 27.9 Å². The SMILES string of the molecule is CCn1c(=N)c(C(=O)Nc2sc3c(c2C(=O)Nc2ccccc2)CCCC3)cc2c(=O)n3cccc(C)c3nc21. The lowest BCUT2D eigenvalue weighted by Crippen LogP contribution is -2.32. The number of aromatic nitrogens is 3. The van der Waals surface area contributed by atoms with Crippen molar-refractivity contribution in [3.63, 3.8) is 0 Å². The Morgan fingerprint density at radius 2 is 1.80 bits per heavy atom. The standard InChI is InChI=1S/C30H28N6O3S/c1-3-35-24(31)20(16-21-26(35)33-25-17(2)10-9-15-36(25)30(21)39)27(37)34-29-23(19-13-7-8-14-22(19)40-29)28(38)32-18-11-5-4-6-12-18/h4-6,9-12,15-16,31H,3,7-8,13-14H2,1-2H3,(H,32,38)(H,34,37). The fraction of sp³-hybridized carbons (Fsp3) is 0.233. The molecule has 1 aliphatic carbocycles. The molecule has 0 unspecified atom stereocenters. The summed E-state index contributed by atoms with van der Waals surface area (Å²) in [6.07, 6.45) is 5.28. The molecule has 0 atom stereocenters. The van der Waals surface area contributed by atoms with E-state index >= 15 is 0 Å². The Labute approximate surface area is 233 Å². The number of carbonyl (C=O) groups is 2. The minimum atomic E-state index is -0.546. The summed E-state index contributed by atoms with van der Waals surface area (Å²) in [5.74, 6) is -0.825. The normalized spacial score (nSPS) is 12.8. The molecule has 202 valence electrons. The third-order valence-corrected chi connectivity index (χ3v) is 8.56. The summed E-state index contributed by atoms with van der Waals surface area (Å²) in [7, 11) is 0. The number of anilines is 2. The number of rotatable bonds is 5. The van der Waals surface area contributed by atoms with Crippen LogP contribution < -0.4 is 21.7 Å². The van der Waals surface area contributed by atoms with Gasteiger partial charge < -0.3 is 15.2 Å². The molecule has 6 rings (SSSR count). The summed E-state index contributed by atoms with van der Waals surface area (Å²) < 4.78 is 3.03. The highest BCUT2D eigenvalue weighted by Crippen LogP contribution is 2.38. The van der Waals surface area contributed by atoms with Crippen LogP contribution >= 0.6 is 11.3 Å². The number of hydrogen-bond acceptors (Lipinski definition) is 6. The topological polar surface area (TPSA) is 121 Å². The number of aryl methyl sites for hydroxylation is 3. The van der Waals surface area contributed by atoms with Crippen molar-refractivity contribution in [3.8, 4) is 0 Å². The number of amides is 2. The Hall–Kier alpha value is -4.57. The molecule has 3 N–H and O–H groups in total. The van der Waals surface area contributed by atoms with Gasteiger partial charge in [-0.1, -0.05) is 24.3 Å². The van der Waals surface area contributed by atoms with Crippen LogP contribution in [0.2, 0.25) is 0 Å². The van der Waals surface area contributed by atoms with Crippen LogP contribution in [0.4, 0.5) is 10.7 Å². The molecule has 2 amide bonds. The minimum absolute atomic E-state index is 0.0432. The molecule has 5 aromatic rings. The van der Waals surface area contributed by atoms with Crippen LogP contribution in [0, 0.1) is 12.3 Å². The van der Waals surface area contributed by atoms with Crippen molar-refractivity contribution in [2.24, 2.45) is 0 Å². The molecule has 4 heterocycles. The second kappa shape index (κ2) is 10.2. The largest absolute Gasteiger partial charge is 0.322 e. The Bertz CT molecular complexity index is 1940. The van der Waals surface area contributed by atoms with E-state index in [0.717, 1.165) is 41.7 Å². The number of para-hydroxylation sites is 1. The first kappa shape index (κ1) is 25.7. The molecule has 0 aliphatic heterocycles.